The predicted octanol–water partition coefficient (Wildman–Crippen LogP) is 3.28. The maximum absolute atomic E-state index is 3.92. The summed E-state index contributed by atoms with van der Waals surface area (Å²) in [4.78, 5) is 2.50. The zero-order valence-corrected chi connectivity index (χ0v) is 12.8. The molecule has 18 heavy (non-hydrogen) atoms. The minimum atomic E-state index is 0.590. The molecule has 106 valence electrons. The molecule has 1 N–H and O–H groups in total. The summed E-state index contributed by atoms with van der Waals surface area (Å²) in [5.41, 5.74) is 0.590. The molecule has 0 aromatic carbocycles. The van der Waals surface area contributed by atoms with Gasteiger partial charge in [0.05, 0.1) is 0 Å². The molecule has 0 bridgehead atoms. The molecular weight excluding hydrogens is 220 g/mol. The van der Waals surface area contributed by atoms with E-state index in [9.17, 15) is 0 Å². The lowest BCUT2D eigenvalue weighted by Crippen LogP contribution is -2.47. The van der Waals surface area contributed by atoms with Gasteiger partial charge in [-0.05, 0) is 70.4 Å². The van der Waals surface area contributed by atoms with E-state index in [0.717, 1.165) is 12.0 Å². The Bertz CT molecular complexity index is 252. The lowest BCUT2D eigenvalue weighted by molar-refractivity contribution is 0.151. The Morgan fingerprint density at radius 1 is 1.17 bits per heavy atom. The van der Waals surface area contributed by atoms with Gasteiger partial charge in [0.15, 0.2) is 0 Å². The zero-order chi connectivity index (χ0) is 13.2. The second kappa shape index (κ2) is 5.92. The van der Waals surface area contributed by atoms with Crippen LogP contribution in [0.5, 0.6) is 0 Å². The number of hydrogen-bond acceptors (Lipinski definition) is 2. The van der Waals surface area contributed by atoms with Crippen molar-refractivity contribution in [1.29, 1.82) is 0 Å². The molecular formula is C16H32N2. The molecule has 2 aliphatic rings. The van der Waals surface area contributed by atoms with E-state index < -0.39 is 0 Å². The average Bonchev–Trinajstić information content (AvgIpc) is 2.32. The van der Waals surface area contributed by atoms with Crippen LogP contribution in [0.2, 0.25) is 0 Å². The van der Waals surface area contributed by atoms with Crippen LogP contribution in [-0.2, 0) is 0 Å². The largest absolute Gasteiger partial charge is 0.311 e. The van der Waals surface area contributed by atoms with E-state index in [4.69, 9.17) is 0 Å². The summed E-state index contributed by atoms with van der Waals surface area (Å²) in [6.45, 7) is 9.82. The van der Waals surface area contributed by atoms with Gasteiger partial charge >= 0.3 is 0 Å². The predicted molar refractivity (Wildman–Crippen MR) is 78.9 cm³/mol. The molecule has 2 nitrogen and oxygen atoms in total. The maximum Gasteiger partial charge on any atom is 0.00818 e. The third-order valence-electron chi connectivity index (χ3n) is 5.21. The molecule has 1 saturated carbocycles. The summed E-state index contributed by atoms with van der Waals surface area (Å²) >= 11 is 0. The van der Waals surface area contributed by atoms with Crippen molar-refractivity contribution in [2.45, 2.75) is 71.4 Å². The van der Waals surface area contributed by atoms with Crippen molar-refractivity contribution < 1.29 is 0 Å². The van der Waals surface area contributed by atoms with Gasteiger partial charge in [0.25, 0.3) is 0 Å². The van der Waals surface area contributed by atoms with Crippen LogP contribution in [0, 0.1) is 11.3 Å². The highest BCUT2D eigenvalue weighted by atomic mass is 15.1. The van der Waals surface area contributed by atoms with Crippen molar-refractivity contribution in [3.8, 4) is 0 Å². The van der Waals surface area contributed by atoms with Crippen LogP contribution in [-0.4, -0.2) is 37.1 Å². The van der Waals surface area contributed by atoms with Gasteiger partial charge in [-0.3, -0.25) is 0 Å². The molecule has 1 aliphatic heterocycles. The highest BCUT2D eigenvalue weighted by Gasteiger charge is 2.29. The molecule has 0 aromatic rings. The van der Waals surface area contributed by atoms with Crippen LogP contribution < -0.4 is 5.32 Å². The van der Waals surface area contributed by atoms with E-state index in [-0.39, 0.29) is 0 Å². The van der Waals surface area contributed by atoms with E-state index in [1.165, 1.54) is 51.6 Å². The summed E-state index contributed by atoms with van der Waals surface area (Å²) in [5.74, 6) is 0.860. The highest BCUT2D eigenvalue weighted by molar-refractivity contribution is 4.86. The molecule has 1 saturated heterocycles. The molecule has 2 heteroatoms. The van der Waals surface area contributed by atoms with Crippen molar-refractivity contribution in [2.75, 3.05) is 20.1 Å². The first kappa shape index (κ1) is 14.3. The lowest BCUT2D eigenvalue weighted by atomic mass is 9.75. The van der Waals surface area contributed by atoms with Crippen molar-refractivity contribution in [1.82, 2.24) is 10.2 Å². The van der Waals surface area contributed by atoms with E-state index in [1.54, 1.807) is 0 Å². The third-order valence-corrected chi connectivity index (χ3v) is 5.21. The van der Waals surface area contributed by atoms with Crippen molar-refractivity contribution in [3.05, 3.63) is 0 Å². The first-order valence-corrected chi connectivity index (χ1v) is 7.91. The molecule has 2 unspecified atom stereocenters. The molecule has 2 atom stereocenters. The topological polar surface area (TPSA) is 15.3 Å². The Hall–Kier alpha value is -0.0800. The van der Waals surface area contributed by atoms with Gasteiger partial charge in [-0.1, -0.05) is 13.8 Å². The monoisotopic (exact) mass is 252 g/mol. The van der Waals surface area contributed by atoms with E-state index in [2.05, 4.69) is 38.0 Å². The first-order valence-electron chi connectivity index (χ1n) is 7.91. The van der Waals surface area contributed by atoms with Crippen molar-refractivity contribution in [2.24, 2.45) is 11.3 Å². The lowest BCUT2D eigenvalue weighted by Gasteiger charge is -2.39. The van der Waals surface area contributed by atoms with Gasteiger partial charge in [0.2, 0.25) is 0 Å². The minimum absolute atomic E-state index is 0.590. The highest BCUT2D eigenvalue weighted by Crippen LogP contribution is 2.35. The fourth-order valence-electron chi connectivity index (χ4n) is 3.69. The fourth-order valence-corrected chi connectivity index (χ4v) is 3.69. The number of hydrogen-bond donors (Lipinski definition) is 1. The minimum Gasteiger partial charge on any atom is -0.311 e. The second-order valence-corrected chi connectivity index (χ2v) is 7.56. The van der Waals surface area contributed by atoms with Crippen LogP contribution in [0.3, 0.4) is 0 Å². The molecule has 0 amide bonds. The molecule has 2 rings (SSSR count). The second-order valence-electron chi connectivity index (χ2n) is 7.56. The Labute approximate surface area is 114 Å². The van der Waals surface area contributed by atoms with Crippen molar-refractivity contribution >= 4 is 0 Å². The van der Waals surface area contributed by atoms with E-state index in [0.29, 0.717) is 11.5 Å². The van der Waals surface area contributed by atoms with E-state index in [1.807, 2.05) is 0 Å². The van der Waals surface area contributed by atoms with Crippen LogP contribution in [0.1, 0.15) is 59.3 Å². The number of nitrogens with zero attached hydrogens (tertiary/aromatic N) is 1. The average molecular weight is 252 g/mol. The van der Waals surface area contributed by atoms with E-state index >= 15 is 0 Å². The zero-order valence-electron chi connectivity index (χ0n) is 12.8. The van der Waals surface area contributed by atoms with Crippen LogP contribution in [0.25, 0.3) is 0 Å². The molecule has 2 fully saturated rings. The van der Waals surface area contributed by atoms with Crippen LogP contribution in [0.4, 0.5) is 0 Å². The van der Waals surface area contributed by atoms with Gasteiger partial charge in [-0.2, -0.15) is 0 Å². The fraction of sp³-hybridized carbons (Fsp3) is 1.00. The molecule has 0 radical (unpaired) electrons. The molecule has 0 aromatic heterocycles. The van der Waals surface area contributed by atoms with Gasteiger partial charge in [0.1, 0.15) is 0 Å². The van der Waals surface area contributed by atoms with Gasteiger partial charge in [-0.15, -0.1) is 0 Å². The standard InChI is InChI=1S/C16H32N2/c1-13(14-6-5-11-18(4)12-14)17-15-7-9-16(2,3)10-8-15/h13-15,17H,5-12H2,1-4H3. The summed E-state index contributed by atoms with van der Waals surface area (Å²) in [6.07, 6.45) is 8.32. The molecule has 0 spiro atoms. The number of rotatable bonds is 3. The van der Waals surface area contributed by atoms with Gasteiger partial charge in [0, 0.05) is 18.6 Å². The first-order chi connectivity index (χ1) is 8.46. The quantitative estimate of drug-likeness (QED) is 0.829. The Kier molecular flexibility index (Phi) is 4.71. The summed E-state index contributed by atoms with van der Waals surface area (Å²) in [7, 11) is 2.27. The van der Waals surface area contributed by atoms with Crippen LogP contribution >= 0.6 is 0 Å². The maximum atomic E-state index is 3.92. The number of likely N-dealkylation sites (tertiary alicyclic amines) is 1. The summed E-state index contributed by atoms with van der Waals surface area (Å²) in [6, 6.07) is 1.47. The molecule has 1 aliphatic carbocycles. The summed E-state index contributed by atoms with van der Waals surface area (Å²) < 4.78 is 0. The Balaban J connectivity index is 1.75. The normalized spacial score (nSPS) is 32.3. The van der Waals surface area contributed by atoms with Crippen molar-refractivity contribution in [3.63, 3.8) is 0 Å². The Morgan fingerprint density at radius 2 is 1.83 bits per heavy atom. The third kappa shape index (κ3) is 3.96. The Morgan fingerprint density at radius 3 is 2.44 bits per heavy atom. The van der Waals surface area contributed by atoms with Gasteiger partial charge < -0.3 is 10.2 Å². The SMILES string of the molecule is CC(NC1CCC(C)(C)CC1)C1CCCN(C)C1. The summed E-state index contributed by atoms with van der Waals surface area (Å²) in [5, 5.41) is 3.92. The number of nitrogens with one attached hydrogen (secondary N) is 1. The van der Waals surface area contributed by atoms with Crippen LogP contribution in [0.15, 0.2) is 0 Å². The smallest absolute Gasteiger partial charge is 0.00818 e. The molecule has 1 heterocycles. The number of piperidine rings is 1. The van der Waals surface area contributed by atoms with Gasteiger partial charge in [-0.25, -0.2) is 0 Å².